The molecular weight excluding hydrogens is 420 g/mol. The average Bonchev–Trinajstić information content (AvgIpc) is 3.33. The van der Waals surface area contributed by atoms with Crippen molar-refractivity contribution in [2.45, 2.75) is 82.1 Å². The number of methoxy groups -OCH3 is 1. The van der Waals surface area contributed by atoms with E-state index in [1.165, 1.54) is 39.2 Å². The van der Waals surface area contributed by atoms with Crippen molar-refractivity contribution < 1.29 is 23.8 Å². The summed E-state index contributed by atoms with van der Waals surface area (Å²) in [7, 11) is 1.37. The first-order chi connectivity index (χ1) is 16.0. The molecule has 1 aromatic carbocycles. The predicted octanol–water partition coefficient (Wildman–Crippen LogP) is 3.62. The van der Waals surface area contributed by atoms with Crippen molar-refractivity contribution in [3.63, 3.8) is 0 Å². The number of hydrogen-bond donors (Lipinski definition) is 1. The van der Waals surface area contributed by atoms with Gasteiger partial charge in [-0.1, -0.05) is 31.4 Å². The van der Waals surface area contributed by atoms with E-state index >= 15 is 0 Å². The predicted molar refractivity (Wildman–Crippen MR) is 125 cm³/mol. The van der Waals surface area contributed by atoms with E-state index in [0.29, 0.717) is 37.7 Å². The molecule has 2 atom stereocenters. The highest BCUT2D eigenvalue weighted by Crippen LogP contribution is 2.34. The normalized spacial score (nSPS) is 24.8. The lowest BCUT2D eigenvalue weighted by Gasteiger charge is -2.43. The topological polar surface area (TPSA) is 77.1 Å². The number of likely N-dealkylation sites (tertiary alicyclic amines) is 1. The van der Waals surface area contributed by atoms with Crippen LogP contribution in [0.3, 0.4) is 0 Å². The summed E-state index contributed by atoms with van der Waals surface area (Å²) in [5, 5.41) is 3.25. The van der Waals surface area contributed by atoms with Gasteiger partial charge in [0.1, 0.15) is 5.54 Å². The molecule has 7 heteroatoms. The first-order valence-electron chi connectivity index (χ1n) is 12.5. The minimum atomic E-state index is -0.552. The van der Waals surface area contributed by atoms with Gasteiger partial charge in [-0.25, -0.2) is 4.79 Å². The van der Waals surface area contributed by atoms with Crippen molar-refractivity contribution in [1.29, 1.82) is 0 Å². The van der Waals surface area contributed by atoms with E-state index in [1.807, 2.05) is 19.1 Å². The molecule has 33 heavy (non-hydrogen) atoms. The third-order valence-electron chi connectivity index (χ3n) is 7.61. The second-order valence-corrected chi connectivity index (χ2v) is 9.71. The monoisotopic (exact) mass is 458 g/mol. The van der Waals surface area contributed by atoms with Gasteiger partial charge in [-0.2, -0.15) is 0 Å². The van der Waals surface area contributed by atoms with Crippen LogP contribution in [0.25, 0.3) is 0 Å². The van der Waals surface area contributed by atoms with Gasteiger partial charge in [0.2, 0.25) is 5.91 Å². The van der Waals surface area contributed by atoms with Crippen LogP contribution in [-0.4, -0.2) is 67.9 Å². The van der Waals surface area contributed by atoms with Crippen molar-refractivity contribution in [2.24, 2.45) is 0 Å². The quantitative estimate of drug-likeness (QED) is 0.629. The molecule has 3 fully saturated rings. The third-order valence-corrected chi connectivity index (χ3v) is 7.61. The molecule has 3 aliphatic rings. The van der Waals surface area contributed by atoms with Gasteiger partial charge in [0, 0.05) is 26.3 Å². The Bertz CT molecular complexity index is 799. The number of carbonyl (C=O) groups excluding carboxylic acids is 2. The highest BCUT2D eigenvalue weighted by Gasteiger charge is 2.48. The summed E-state index contributed by atoms with van der Waals surface area (Å²) in [6.07, 6.45) is 9.17. The summed E-state index contributed by atoms with van der Waals surface area (Å²) >= 11 is 0. The summed E-state index contributed by atoms with van der Waals surface area (Å²) in [4.78, 5) is 27.7. The van der Waals surface area contributed by atoms with Crippen molar-refractivity contribution in [1.82, 2.24) is 10.2 Å². The van der Waals surface area contributed by atoms with Crippen molar-refractivity contribution in [3.8, 4) is 0 Å². The Hall–Kier alpha value is -1.96. The smallest absolute Gasteiger partial charge is 0.337 e. The molecule has 2 heterocycles. The molecule has 0 radical (unpaired) electrons. The molecule has 2 aliphatic heterocycles. The Morgan fingerprint density at radius 2 is 1.76 bits per heavy atom. The van der Waals surface area contributed by atoms with E-state index in [1.54, 1.807) is 12.1 Å². The zero-order valence-corrected chi connectivity index (χ0v) is 20.0. The molecule has 0 bridgehead atoms. The van der Waals surface area contributed by atoms with Gasteiger partial charge in [0.25, 0.3) is 0 Å². The van der Waals surface area contributed by atoms with E-state index in [9.17, 15) is 9.59 Å². The number of benzene rings is 1. The van der Waals surface area contributed by atoms with Gasteiger partial charge in [-0.15, -0.1) is 0 Å². The zero-order chi connectivity index (χ0) is 23.3. The molecule has 1 saturated carbocycles. The van der Waals surface area contributed by atoms with Crippen LogP contribution in [0.1, 0.15) is 80.3 Å². The van der Waals surface area contributed by atoms with E-state index in [0.717, 1.165) is 25.1 Å². The van der Waals surface area contributed by atoms with E-state index in [2.05, 4.69) is 10.2 Å². The van der Waals surface area contributed by atoms with Crippen molar-refractivity contribution in [2.75, 3.05) is 33.4 Å². The molecule has 1 amide bonds. The Morgan fingerprint density at radius 3 is 2.42 bits per heavy atom. The first kappa shape index (κ1) is 24.2. The summed E-state index contributed by atoms with van der Waals surface area (Å²) in [6.45, 7) is 4.87. The molecule has 4 rings (SSSR count). The van der Waals surface area contributed by atoms with Crippen LogP contribution >= 0.6 is 0 Å². The SMILES string of the molecule is COC(=O)c1ccc(C(C)NC(=O)C2(N3CC[C@@H](OC4CCCCC4)C3)CCOCC2)cc1. The summed E-state index contributed by atoms with van der Waals surface area (Å²) in [6, 6.07) is 7.06. The van der Waals surface area contributed by atoms with Crippen LogP contribution in [0, 0.1) is 0 Å². The summed E-state index contributed by atoms with van der Waals surface area (Å²) in [5.41, 5.74) is 0.906. The number of ether oxygens (including phenoxy) is 3. The maximum Gasteiger partial charge on any atom is 0.337 e. The van der Waals surface area contributed by atoms with Gasteiger partial charge in [0.05, 0.1) is 30.9 Å². The molecule has 1 unspecified atom stereocenters. The number of hydrogen-bond acceptors (Lipinski definition) is 6. The van der Waals surface area contributed by atoms with E-state index in [-0.39, 0.29) is 24.0 Å². The Labute approximate surface area is 197 Å². The highest BCUT2D eigenvalue weighted by molar-refractivity contribution is 5.89. The number of nitrogens with zero attached hydrogens (tertiary/aromatic N) is 1. The number of nitrogens with one attached hydrogen (secondary N) is 1. The molecule has 0 aromatic heterocycles. The number of rotatable bonds is 7. The van der Waals surface area contributed by atoms with Gasteiger partial charge in [-0.05, 0) is 56.7 Å². The standard InChI is InChI=1S/C26H38N2O5/c1-19(20-8-10-21(11-9-20)24(29)31-2)27-25(30)26(13-16-32-17-14-26)28-15-12-23(18-28)33-22-6-4-3-5-7-22/h8-11,19,22-23H,3-7,12-18H2,1-2H3,(H,27,30)/t19?,23-/m1/s1. The maximum atomic E-state index is 13.7. The van der Waals surface area contributed by atoms with Gasteiger partial charge in [0.15, 0.2) is 0 Å². The summed E-state index contributed by atoms with van der Waals surface area (Å²) in [5.74, 6) is -0.299. The second kappa shape index (κ2) is 11.0. The molecule has 1 aromatic rings. The minimum absolute atomic E-state index is 0.0636. The Morgan fingerprint density at radius 1 is 1.06 bits per heavy atom. The number of esters is 1. The van der Waals surface area contributed by atoms with Gasteiger partial charge in [-0.3, -0.25) is 9.69 Å². The number of amides is 1. The minimum Gasteiger partial charge on any atom is -0.465 e. The lowest BCUT2D eigenvalue weighted by atomic mass is 9.86. The lowest BCUT2D eigenvalue weighted by molar-refractivity contribution is -0.141. The van der Waals surface area contributed by atoms with Crippen LogP contribution in [0.5, 0.6) is 0 Å². The van der Waals surface area contributed by atoms with Crippen LogP contribution in [0.15, 0.2) is 24.3 Å². The molecule has 2 saturated heterocycles. The number of carbonyl (C=O) groups is 2. The maximum absolute atomic E-state index is 13.7. The van der Waals surface area contributed by atoms with Crippen LogP contribution in [-0.2, 0) is 19.0 Å². The van der Waals surface area contributed by atoms with Crippen molar-refractivity contribution in [3.05, 3.63) is 35.4 Å². The zero-order valence-electron chi connectivity index (χ0n) is 20.0. The third kappa shape index (κ3) is 5.58. The average molecular weight is 459 g/mol. The van der Waals surface area contributed by atoms with Crippen LogP contribution < -0.4 is 5.32 Å². The van der Waals surface area contributed by atoms with Crippen LogP contribution in [0.2, 0.25) is 0 Å². The second-order valence-electron chi connectivity index (χ2n) is 9.71. The first-order valence-corrected chi connectivity index (χ1v) is 12.5. The molecule has 182 valence electrons. The van der Waals surface area contributed by atoms with Crippen molar-refractivity contribution >= 4 is 11.9 Å². The van der Waals surface area contributed by atoms with E-state index in [4.69, 9.17) is 14.2 Å². The lowest BCUT2D eigenvalue weighted by Crippen LogP contribution is -2.61. The fourth-order valence-corrected chi connectivity index (χ4v) is 5.54. The molecule has 0 spiro atoms. The van der Waals surface area contributed by atoms with Crippen LogP contribution in [0.4, 0.5) is 0 Å². The molecule has 7 nitrogen and oxygen atoms in total. The fraction of sp³-hybridized carbons (Fsp3) is 0.692. The Balaban J connectivity index is 1.41. The largest absolute Gasteiger partial charge is 0.465 e. The summed E-state index contributed by atoms with van der Waals surface area (Å²) < 4.78 is 16.9. The van der Waals surface area contributed by atoms with E-state index < -0.39 is 5.54 Å². The van der Waals surface area contributed by atoms with Gasteiger partial charge >= 0.3 is 5.97 Å². The molecule has 1 N–H and O–H groups in total. The fourth-order valence-electron chi connectivity index (χ4n) is 5.54. The highest BCUT2D eigenvalue weighted by atomic mass is 16.5. The molecular formula is C26H38N2O5. The Kier molecular flexibility index (Phi) is 8.04. The van der Waals surface area contributed by atoms with Gasteiger partial charge < -0.3 is 19.5 Å². The molecule has 1 aliphatic carbocycles.